The van der Waals surface area contributed by atoms with E-state index in [1.54, 1.807) is 24.3 Å². The van der Waals surface area contributed by atoms with Crippen LogP contribution in [-0.2, 0) is 9.59 Å². The number of imide groups is 1. The minimum atomic E-state index is -0.385. The number of rotatable bonds is 6. The Hall–Kier alpha value is -3.86. The van der Waals surface area contributed by atoms with Gasteiger partial charge in [0.15, 0.2) is 0 Å². The number of amides is 2. The molecule has 30 heavy (non-hydrogen) atoms. The van der Waals surface area contributed by atoms with Crippen molar-refractivity contribution >= 4 is 28.8 Å². The summed E-state index contributed by atoms with van der Waals surface area (Å²) in [6.45, 7) is 4.43. The van der Waals surface area contributed by atoms with Crippen LogP contribution in [0.3, 0.4) is 0 Å². The first-order valence-corrected chi connectivity index (χ1v) is 9.83. The van der Waals surface area contributed by atoms with Gasteiger partial charge in [0.05, 0.1) is 17.9 Å². The lowest BCUT2D eigenvalue weighted by molar-refractivity contribution is -0.120. The van der Waals surface area contributed by atoms with Gasteiger partial charge in [0, 0.05) is 5.69 Å². The van der Waals surface area contributed by atoms with Gasteiger partial charge in [-0.15, -0.1) is 0 Å². The lowest BCUT2D eigenvalue weighted by atomic mass is 10.0. The van der Waals surface area contributed by atoms with Crippen molar-refractivity contribution in [2.45, 2.75) is 13.8 Å². The summed E-state index contributed by atoms with van der Waals surface area (Å²) < 4.78 is 5.47. The van der Waals surface area contributed by atoms with Gasteiger partial charge >= 0.3 is 0 Å². The average molecular weight is 398 g/mol. The van der Waals surface area contributed by atoms with Crippen LogP contribution in [0, 0.1) is 6.92 Å². The van der Waals surface area contributed by atoms with E-state index >= 15 is 0 Å². The molecule has 0 spiro atoms. The van der Waals surface area contributed by atoms with Crippen molar-refractivity contribution in [3.63, 3.8) is 0 Å². The Morgan fingerprint density at radius 2 is 1.60 bits per heavy atom. The summed E-state index contributed by atoms with van der Waals surface area (Å²) in [5, 5.41) is 3.18. The molecule has 5 nitrogen and oxygen atoms in total. The van der Waals surface area contributed by atoms with Crippen LogP contribution in [-0.4, -0.2) is 18.4 Å². The third-order valence-corrected chi connectivity index (χ3v) is 4.84. The molecule has 0 aromatic heterocycles. The molecule has 1 heterocycles. The highest BCUT2D eigenvalue weighted by molar-refractivity contribution is 6.46. The van der Waals surface area contributed by atoms with Gasteiger partial charge in [-0.05, 0) is 61.4 Å². The maximum absolute atomic E-state index is 13.4. The average Bonchev–Trinajstić information content (AvgIpc) is 2.99. The Bertz CT molecular complexity index is 1120. The van der Waals surface area contributed by atoms with Crippen molar-refractivity contribution in [3.05, 3.63) is 95.7 Å². The van der Waals surface area contributed by atoms with Crippen LogP contribution in [0.2, 0.25) is 0 Å². The minimum Gasteiger partial charge on any atom is -0.494 e. The number of hydrogen-bond acceptors (Lipinski definition) is 4. The quantitative estimate of drug-likeness (QED) is 0.607. The fourth-order valence-corrected chi connectivity index (χ4v) is 3.48. The fourth-order valence-electron chi connectivity index (χ4n) is 3.48. The van der Waals surface area contributed by atoms with Gasteiger partial charge < -0.3 is 10.1 Å². The molecule has 1 aliphatic rings. The lowest BCUT2D eigenvalue weighted by Gasteiger charge is -2.16. The molecule has 2 amide bonds. The molecule has 0 saturated heterocycles. The van der Waals surface area contributed by atoms with Crippen molar-refractivity contribution in [1.29, 1.82) is 0 Å². The third kappa shape index (κ3) is 3.70. The molecule has 150 valence electrons. The highest BCUT2D eigenvalue weighted by Crippen LogP contribution is 2.34. The van der Waals surface area contributed by atoms with E-state index in [2.05, 4.69) is 5.32 Å². The van der Waals surface area contributed by atoms with Crippen molar-refractivity contribution in [2.24, 2.45) is 0 Å². The number of carbonyl (C=O) groups is 2. The Kier molecular flexibility index (Phi) is 5.35. The van der Waals surface area contributed by atoms with E-state index in [0.29, 0.717) is 29.2 Å². The summed E-state index contributed by atoms with van der Waals surface area (Å²) in [7, 11) is 0. The molecule has 4 rings (SSSR count). The van der Waals surface area contributed by atoms with Crippen LogP contribution >= 0.6 is 0 Å². The van der Waals surface area contributed by atoms with Crippen LogP contribution in [0.4, 0.5) is 11.4 Å². The first kappa shape index (κ1) is 19.5. The lowest BCUT2D eigenvalue weighted by Crippen LogP contribution is -2.32. The number of hydrogen-bond donors (Lipinski definition) is 1. The normalized spacial score (nSPS) is 13.7. The standard InChI is InChI=1S/C25H22N2O3/c1-3-30-21-14-12-20(13-15-21)27-24(28)22(18-9-5-4-6-10-18)23(25(27)29)26-19-11-7-8-17(2)16-19/h4-16,26H,3H2,1-2H3. The smallest absolute Gasteiger partial charge is 0.282 e. The zero-order valence-corrected chi connectivity index (χ0v) is 16.9. The monoisotopic (exact) mass is 398 g/mol. The van der Waals surface area contributed by atoms with Gasteiger partial charge in [0.25, 0.3) is 11.8 Å². The summed E-state index contributed by atoms with van der Waals surface area (Å²) in [6.07, 6.45) is 0. The third-order valence-electron chi connectivity index (χ3n) is 4.84. The zero-order valence-electron chi connectivity index (χ0n) is 16.9. The van der Waals surface area contributed by atoms with Crippen molar-refractivity contribution < 1.29 is 14.3 Å². The maximum Gasteiger partial charge on any atom is 0.282 e. The molecule has 5 heteroatoms. The highest BCUT2D eigenvalue weighted by atomic mass is 16.5. The molecule has 0 fully saturated rings. The number of ether oxygens (including phenoxy) is 1. The second-order valence-electron chi connectivity index (χ2n) is 6.98. The second-order valence-corrected chi connectivity index (χ2v) is 6.98. The first-order valence-electron chi connectivity index (χ1n) is 9.83. The predicted octanol–water partition coefficient (Wildman–Crippen LogP) is 4.79. The molecule has 1 aliphatic heterocycles. The summed E-state index contributed by atoms with van der Waals surface area (Å²) in [5.74, 6) is -0.0512. The molecule has 0 unspecified atom stereocenters. The van der Waals surface area contributed by atoms with E-state index in [0.717, 1.165) is 11.3 Å². The molecule has 0 saturated carbocycles. The Morgan fingerprint density at radius 3 is 2.27 bits per heavy atom. The van der Waals surface area contributed by atoms with Crippen molar-refractivity contribution in [1.82, 2.24) is 0 Å². The zero-order chi connectivity index (χ0) is 21.1. The largest absolute Gasteiger partial charge is 0.494 e. The van der Waals surface area contributed by atoms with Crippen LogP contribution in [0.25, 0.3) is 5.57 Å². The fraction of sp³-hybridized carbons (Fsp3) is 0.120. The number of aryl methyl sites for hydroxylation is 1. The summed E-state index contributed by atoms with van der Waals surface area (Å²) in [5.41, 5.74) is 3.64. The maximum atomic E-state index is 13.4. The van der Waals surface area contributed by atoms with E-state index in [-0.39, 0.29) is 17.5 Å². The molecule has 3 aromatic carbocycles. The molecule has 3 aromatic rings. The van der Waals surface area contributed by atoms with Gasteiger partial charge in [-0.3, -0.25) is 9.59 Å². The molecule has 0 bridgehead atoms. The van der Waals surface area contributed by atoms with E-state index in [1.165, 1.54) is 4.90 Å². The SMILES string of the molecule is CCOc1ccc(N2C(=O)C(Nc3cccc(C)c3)=C(c3ccccc3)C2=O)cc1. The van der Waals surface area contributed by atoms with E-state index < -0.39 is 0 Å². The van der Waals surface area contributed by atoms with Crippen LogP contribution in [0.1, 0.15) is 18.1 Å². The van der Waals surface area contributed by atoms with Crippen LogP contribution in [0.15, 0.2) is 84.6 Å². The van der Waals surface area contributed by atoms with Crippen molar-refractivity contribution in [3.8, 4) is 5.75 Å². The van der Waals surface area contributed by atoms with Crippen LogP contribution < -0.4 is 15.0 Å². The van der Waals surface area contributed by atoms with Gasteiger partial charge in [0.2, 0.25) is 0 Å². The molecular formula is C25H22N2O3. The summed E-state index contributed by atoms with van der Waals surface area (Å²) in [4.78, 5) is 27.9. The van der Waals surface area contributed by atoms with Gasteiger partial charge in [-0.2, -0.15) is 0 Å². The van der Waals surface area contributed by atoms with Crippen LogP contribution in [0.5, 0.6) is 5.75 Å². The highest BCUT2D eigenvalue weighted by Gasteiger charge is 2.40. The van der Waals surface area contributed by atoms with Gasteiger partial charge in [0.1, 0.15) is 11.4 Å². The number of anilines is 2. The van der Waals surface area contributed by atoms with E-state index in [4.69, 9.17) is 4.74 Å². The van der Waals surface area contributed by atoms with E-state index in [9.17, 15) is 9.59 Å². The second kappa shape index (κ2) is 8.25. The topological polar surface area (TPSA) is 58.6 Å². The molecular weight excluding hydrogens is 376 g/mol. The number of nitrogens with one attached hydrogen (secondary N) is 1. The van der Waals surface area contributed by atoms with E-state index in [1.807, 2.05) is 68.4 Å². The Morgan fingerprint density at radius 1 is 0.867 bits per heavy atom. The van der Waals surface area contributed by atoms with Crippen molar-refractivity contribution in [2.75, 3.05) is 16.8 Å². The molecule has 1 N–H and O–H groups in total. The molecule has 0 radical (unpaired) electrons. The summed E-state index contributed by atoms with van der Waals surface area (Å²) in [6, 6.07) is 23.9. The Labute approximate surface area is 175 Å². The van der Waals surface area contributed by atoms with Gasteiger partial charge in [-0.1, -0.05) is 42.5 Å². The molecule has 0 atom stereocenters. The summed E-state index contributed by atoms with van der Waals surface area (Å²) >= 11 is 0. The number of nitrogens with zero attached hydrogens (tertiary/aromatic N) is 1. The first-order chi connectivity index (χ1) is 14.6. The minimum absolute atomic E-state index is 0.269. The van der Waals surface area contributed by atoms with Gasteiger partial charge in [-0.25, -0.2) is 4.90 Å². The Balaban J connectivity index is 1.76. The molecule has 0 aliphatic carbocycles. The number of benzene rings is 3. The number of carbonyl (C=O) groups excluding carboxylic acids is 2. The predicted molar refractivity (Wildman–Crippen MR) is 118 cm³/mol.